The Balaban J connectivity index is 1.59. The van der Waals surface area contributed by atoms with Crippen LogP contribution < -0.4 is 15.2 Å². The minimum absolute atomic E-state index is 0.111. The maximum absolute atomic E-state index is 5.87. The molecule has 3 aromatic rings. The Morgan fingerprint density at radius 3 is 2.74 bits per heavy atom. The van der Waals surface area contributed by atoms with Gasteiger partial charge in [-0.25, -0.2) is 9.97 Å². The summed E-state index contributed by atoms with van der Waals surface area (Å²) in [6, 6.07) is 7.68. The number of nitrogen functional groups attached to an aromatic ring is 1. The molecule has 8 nitrogen and oxygen atoms in total. The molecule has 2 aromatic heterocycles. The van der Waals surface area contributed by atoms with Crippen LogP contribution in [0.25, 0.3) is 22.4 Å². The lowest BCUT2D eigenvalue weighted by Gasteiger charge is -2.23. The lowest BCUT2D eigenvalue weighted by molar-refractivity contribution is -0.105. The van der Waals surface area contributed by atoms with E-state index in [1.165, 1.54) is 0 Å². The highest BCUT2D eigenvalue weighted by Gasteiger charge is 2.16. The van der Waals surface area contributed by atoms with Gasteiger partial charge < -0.3 is 19.9 Å². The Bertz CT molecular complexity index is 927. The van der Waals surface area contributed by atoms with E-state index >= 15 is 0 Å². The van der Waals surface area contributed by atoms with Crippen molar-refractivity contribution in [2.45, 2.75) is 32.5 Å². The molecule has 0 bridgehead atoms. The number of nitrogens with zero attached hydrogens (tertiary/aromatic N) is 4. The Morgan fingerprint density at radius 2 is 2.00 bits per heavy atom. The van der Waals surface area contributed by atoms with E-state index in [4.69, 9.17) is 19.9 Å². The van der Waals surface area contributed by atoms with Gasteiger partial charge in [0.1, 0.15) is 5.75 Å². The van der Waals surface area contributed by atoms with E-state index in [0.29, 0.717) is 29.3 Å². The van der Waals surface area contributed by atoms with E-state index < -0.39 is 0 Å². The molecule has 0 amide bonds. The molecular formula is C19H21N5O3. The molecule has 1 fully saturated rings. The molecule has 140 valence electrons. The molecule has 1 unspecified atom stereocenters. The van der Waals surface area contributed by atoms with Crippen molar-refractivity contribution in [3.05, 3.63) is 30.5 Å². The molecule has 0 spiro atoms. The number of hydrogen-bond acceptors (Lipinski definition) is 8. The first kappa shape index (κ1) is 17.4. The van der Waals surface area contributed by atoms with Crippen LogP contribution in [0, 0.1) is 0 Å². The third-order valence-corrected chi connectivity index (χ3v) is 4.23. The molecular weight excluding hydrogens is 346 g/mol. The van der Waals surface area contributed by atoms with Crippen molar-refractivity contribution in [2.24, 2.45) is 0 Å². The lowest BCUT2D eigenvalue weighted by Crippen LogP contribution is -2.24. The second-order valence-electron chi connectivity index (χ2n) is 6.19. The zero-order chi connectivity index (χ0) is 18.6. The predicted octanol–water partition coefficient (Wildman–Crippen LogP) is 2.97. The van der Waals surface area contributed by atoms with Crippen LogP contribution in [0.1, 0.15) is 26.2 Å². The first-order chi connectivity index (χ1) is 13.2. The molecule has 1 aromatic carbocycles. The standard InChI is InChI=1S/C19H21N5O3/c1-2-25-18-16-17(23-19(20)24-18)21-11-14(22-16)12-6-8-13(9-7-12)27-15-5-3-4-10-26-15/h6-9,11,15H,2-5,10H2,1H3,(H2,20,21,23,24). The van der Waals surface area contributed by atoms with Crippen molar-refractivity contribution >= 4 is 17.1 Å². The van der Waals surface area contributed by atoms with Gasteiger partial charge in [0.05, 0.1) is 25.1 Å². The van der Waals surface area contributed by atoms with Crippen molar-refractivity contribution in [1.29, 1.82) is 0 Å². The van der Waals surface area contributed by atoms with Gasteiger partial charge in [0.25, 0.3) is 0 Å². The SMILES string of the molecule is CCOc1nc(N)nc2ncc(-c3ccc(OC4CCCCO4)cc3)nc12. The van der Waals surface area contributed by atoms with Crippen molar-refractivity contribution < 1.29 is 14.2 Å². The molecule has 1 aliphatic heterocycles. The maximum atomic E-state index is 5.87. The summed E-state index contributed by atoms with van der Waals surface area (Å²) >= 11 is 0. The second-order valence-corrected chi connectivity index (χ2v) is 6.19. The normalized spacial score (nSPS) is 17.0. The third-order valence-electron chi connectivity index (χ3n) is 4.23. The Kier molecular flexibility index (Phi) is 4.97. The number of anilines is 1. The summed E-state index contributed by atoms with van der Waals surface area (Å²) in [6.45, 7) is 3.08. The number of aromatic nitrogens is 4. The Morgan fingerprint density at radius 1 is 1.15 bits per heavy atom. The van der Waals surface area contributed by atoms with Gasteiger partial charge in [-0.2, -0.15) is 9.97 Å². The predicted molar refractivity (Wildman–Crippen MR) is 100 cm³/mol. The van der Waals surface area contributed by atoms with E-state index in [9.17, 15) is 0 Å². The number of ether oxygens (including phenoxy) is 3. The van der Waals surface area contributed by atoms with Crippen LogP contribution in [-0.4, -0.2) is 39.4 Å². The molecule has 1 saturated heterocycles. The fourth-order valence-corrected chi connectivity index (χ4v) is 2.94. The summed E-state index contributed by atoms with van der Waals surface area (Å²) in [5, 5.41) is 0. The van der Waals surface area contributed by atoms with Crippen molar-refractivity contribution in [1.82, 2.24) is 19.9 Å². The van der Waals surface area contributed by atoms with Gasteiger partial charge >= 0.3 is 0 Å². The largest absolute Gasteiger partial charge is 0.476 e. The van der Waals surface area contributed by atoms with Gasteiger partial charge in [0.2, 0.25) is 11.8 Å². The van der Waals surface area contributed by atoms with Crippen molar-refractivity contribution in [3.63, 3.8) is 0 Å². The quantitative estimate of drug-likeness (QED) is 0.734. The maximum Gasteiger partial charge on any atom is 0.247 e. The molecule has 1 aliphatic rings. The van der Waals surface area contributed by atoms with Gasteiger partial charge in [-0.3, -0.25) is 0 Å². The lowest BCUT2D eigenvalue weighted by atomic mass is 10.1. The highest BCUT2D eigenvalue weighted by Crippen LogP contribution is 2.26. The van der Waals surface area contributed by atoms with E-state index in [1.807, 2.05) is 31.2 Å². The van der Waals surface area contributed by atoms with Crippen LogP contribution in [0.4, 0.5) is 5.95 Å². The average molecular weight is 367 g/mol. The van der Waals surface area contributed by atoms with Crippen molar-refractivity contribution in [3.8, 4) is 22.9 Å². The second kappa shape index (κ2) is 7.71. The Labute approximate surface area is 156 Å². The Hall–Kier alpha value is -3.00. The molecule has 1 atom stereocenters. The van der Waals surface area contributed by atoms with E-state index in [-0.39, 0.29) is 12.2 Å². The first-order valence-electron chi connectivity index (χ1n) is 9.04. The monoisotopic (exact) mass is 367 g/mol. The fourth-order valence-electron chi connectivity index (χ4n) is 2.94. The van der Waals surface area contributed by atoms with E-state index in [0.717, 1.165) is 37.2 Å². The number of fused-ring (bicyclic) bond motifs is 1. The molecule has 0 aliphatic carbocycles. The van der Waals surface area contributed by atoms with E-state index in [2.05, 4.69) is 19.9 Å². The number of rotatable bonds is 5. The molecule has 3 heterocycles. The van der Waals surface area contributed by atoms with E-state index in [1.54, 1.807) is 6.20 Å². The molecule has 0 radical (unpaired) electrons. The van der Waals surface area contributed by atoms with Crippen LogP contribution in [-0.2, 0) is 4.74 Å². The van der Waals surface area contributed by atoms with Crippen LogP contribution in [0.15, 0.2) is 30.5 Å². The molecule has 8 heteroatoms. The van der Waals surface area contributed by atoms with Gasteiger partial charge in [-0.1, -0.05) is 0 Å². The fraction of sp³-hybridized carbons (Fsp3) is 0.368. The zero-order valence-corrected chi connectivity index (χ0v) is 15.1. The van der Waals surface area contributed by atoms with Gasteiger partial charge in [0, 0.05) is 12.0 Å². The summed E-state index contributed by atoms with van der Waals surface area (Å²) < 4.78 is 17.0. The molecule has 4 rings (SSSR count). The number of hydrogen-bond donors (Lipinski definition) is 1. The highest BCUT2D eigenvalue weighted by molar-refractivity contribution is 5.79. The minimum Gasteiger partial charge on any atom is -0.476 e. The number of nitrogens with two attached hydrogens (primary N) is 1. The topological polar surface area (TPSA) is 105 Å². The van der Waals surface area contributed by atoms with Gasteiger partial charge in [-0.15, -0.1) is 0 Å². The first-order valence-corrected chi connectivity index (χ1v) is 9.04. The average Bonchev–Trinajstić information content (AvgIpc) is 2.69. The summed E-state index contributed by atoms with van der Waals surface area (Å²) in [5.41, 5.74) is 8.19. The third kappa shape index (κ3) is 3.90. The number of benzene rings is 1. The summed E-state index contributed by atoms with van der Waals surface area (Å²) in [4.78, 5) is 17.2. The summed E-state index contributed by atoms with van der Waals surface area (Å²) in [7, 11) is 0. The molecule has 0 saturated carbocycles. The van der Waals surface area contributed by atoms with Crippen LogP contribution in [0.2, 0.25) is 0 Å². The molecule has 2 N–H and O–H groups in total. The molecule has 27 heavy (non-hydrogen) atoms. The smallest absolute Gasteiger partial charge is 0.247 e. The van der Waals surface area contributed by atoms with Crippen LogP contribution in [0.3, 0.4) is 0 Å². The van der Waals surface area contributed by atoms with Gasteiger partial charge in [-0.05, 0) is 44.0 Å². The van der Waals surface area contributed by atoms with Crippen LogP contribution >= 0.6 is 0 Å². The highest BCUT2D eigenvalue weighted by atomic mass is 16.7. The summed E-state index contributed by atoms with van der Waals surface area (Å²) in [6.07, 6.45) is 4.63. The van der Waals surface area contributed by atoms with Crippen LogP contribution in [0.5, 0.6) is 11.6 Å². The summed E-state index contributed by atoms with van der Waals surface area (Å²) in [5.74, 6) is 1.22. The van der Waals surface area contributed by atoms with Crippen molar-refractivity contribution in [2.75, 3.05) is 18.9 Å². The van der Waals surface area contributed by atoms with Gasteiger partial charge in [0.15, 0.2) is 17.5 Å². The zero-order valence-electron chi connectivity index (χ0n) is 15.1. The minimum atomic E-state index is -0.165.